The molecule has 1 atom stereocenters. The van der Waals surface area contributed by atoms with Gasteiger partial charge in [-0.1, -0.05) is 29.5 Å². The summed E-state index contributed by atoms with van der Waals surface area (Å²) in [4.78, 5) is 0. The number of hydrogen-bond donors (Lipinski definition) is 0. The number of hydrogen-bond acceptors (Lipinski definition) is 2. The van der Waals surface area contributed by atoms with E-state index in [1.165, 1.54) is 12.0 Å². The summed E-state index contributed by atoms with van der Waals surface area (Å²) in [6, 6.07) is 0. The third kappa shape index (κ3) is 7.10. The lowest BCUT2D eigenvalue weighted by molar-refractivity contribution is 0.723. The Hall–Kier alpha value is 1.10. The Labute approximate surface area is 63.4 Å². The first kappa shape index (κ1) is 8.10. The molecule has 0 fully saturated rings. The molecule has 1 nitrogen and oxygen atoms in total. The van der Waals surface area contributed by atoms with Crippen LogP contribution in [0.25, 0.3) is 0 Å². The van der Waals surface area contributed by atoms with Crippen LogP contribution in [0.15, 0.2) is 0 Å². The summed E-state index contributed by atoms with van der Waals surface area (Å²) < 4.78 is 5.48. The van der Waals surface area contributed by atoms with Gasteiger partial charge in [0, 0.05) is 9.68 Å². The molecule has 0 aromatic heterocycles. The van der Waals surface area contributed by atoms with E-state index >= 15 is 0 Å². The van der Waals surface area contributed by atoms with E-state index in [0.717, 1.165) is 5.75 Å². The minimum Gasteiger partial charge on any atom is -0.386 e. The molecule has 0 aromatic carbocycles. The van der Waals surface area contributed by atoms with Crippen LogP contribution < -0.4 is 0 Å². The van der Waals surface area contributed by atoms with Crippen molar-refractivity contribution in [2.75, 3.05) is 5.75 Å². The summed E-state index contributed by atoms with van der Waals surface area (Å²) in [6.07, 6.45) is 0. The van der Waals surface area contributed by atoms with Crippen molar-refractivity contribution in [2.45, 2.75) is 10.8 Å². The molecule has 42 valence electrons. The Balaban J connectivity index is 2.68. The summed E-state index contributed by atoms with van der Waals surface area (Å²) in [6.45, 7) is 2.16. The molecule has 0 rings (SSSR count). The maximum atomic E-state index is 4.76. The Morgan fingerprint density at radius 3 is 2.71 bits per heavy atom. The third-order valence-corrected chi connectivity index (χ3v) is 2.33. The first-order valence-corrected chi connectivity index (χ1v) is 4.22. The van der Waals surface area contributed by atoms with E-state index in [1.807, 2.05) is 0 Å². The predicted molar refractivity (Wildman–Crippen MR) is 45.6 cm³/mol. The highest BCUT2D eigenvalue weighted by Crippen LogP contribution is 2.07. The first-order valence-electron chi connectivity index (χ1n) is 2.07. The summed E-state index contributed by atoms with van der Waals surface area (Å²) >= 11 is 3.87. The van der Waals surface area contributed by atoms with Gasteiger partial charge in [0.25, 0.3) is 8.05 Å². The van der Waals surface area contributed by atoms with Crippen LogP contribution in [0.2, 0.25) is 0 Å². The molecule has 0 aliphatic heterocycles. The average molecular weight is 230 g/mol. The van der Waals surface area contributed by atoms with Gasteiger partial charge < -0.3 is 4.10 Å². The fraction of sp³-hybridized carbons (Fsp3) is 1.00. The van der Waals surface area contributed by atoms with Gasteiger partial charge >= 0.3 is 0 Å². The van der Waals surface area contributed by atoms with E-state index < -0.39 is 0 Å². The van der Waals surface area contributed by atoms with Crippen molar-refractivity contribution in [1.82, 2.24) is 0 Å². The van der Waals surface area contributed by atoms with Crippen molar-refractivity contribution in [2.24, 2.45) is 0 Å². The van der Waals surface area contributed by atoms with Crippen molar-refractivity contribution in [3.05, 3.63) is 0 Å². The second-order valence-corrected chi connectivity index (χ2v) is 4.26. The maximum Gasteiger partial charge on any atom is 0.277 e. The zero-order chi connectivity index (χ0) is 5.70. The highest BCUT2D eigenvalue weighted by molar-refractivity contribution is 14.1. The molecule has 0 spiro atoms. The summed E-state index contributed by atoms with van der Waals surface area (Å²) in [5.74, 6) is 1.08. The van der Waals surface area contributed by atoms with Crippen molar-refractivity contribution < 1.29 is 4.10 Å². The Morgan fingerprint density at radius 2 is 2.57 bits per heavy atom. The van der Waals surface area contributed by atoms with E-state index in [1.54, 1.807) is 8.05 Å². The van der Waals surface area contributed by atoms with Crippen LogP contribution in [0.1, 0.15) is 6.92 Å². The van der Waals surface area contributed by atoms with Crippen LogP contribution in [0, 0.1) is 0 Å². The van der Waals surface area contributed by atoms with Gasteiger partial charge in [-0.15, -0.1) is 0 Å². The van der Waals surface area contributed by atoms with E-state index in [2.05, 4.69) is 29.5 Å². The average Bonchev–Trinajstić information content (AvgIpc) is 1.61. The zero-order valence-electron chi connectivity index (χ0n) is 4.48. The number of halogens is 1. The molecular formula is C3H8BIOS. The fourth-order valence-corrected chi connectivity index (χ4v) is 0.926. The minimum atomic E-state index is 0.711. The van der Waals surface area contributed by atoms with E-state index in [0.29, 0.717) is 3.92 Å². The Kier molecular flexibility index (Phi) is 6.07. The first-order chi connectivity index (χ1) is 3.27. The van der Waals surface area contributed by atoms with Crippen LogP contribution in [-0.2, 0) is 4.10 Å². The van der Waals surface area contributed by atoms with Crippen molar-refractivity contribution in [3.63, 3.8) is 0 Å². The molecule has 4 heteroatoms. The van der Waals surface area contributed by atoms with E-state index in [-0.39, 0.29) is 0 Å². The molecule has 0 saturated carbocycles. The molecule has 0 aromatic rings. The van der Waals surface area contributed by atoms with Gasteiger partial charge in [0.15, 0.2) is 0 Å². The van der Waals surface area contributed by atoms with Crippen LogP contribution in [0.5, 0.6) is 0 Å². The van der Waals surface area contributed by atoms with Gasteiger partial charge in [-0.3, -0.25) is 0 Å². The minimum absolute atomic E-state index is 0.711. The Morgan fingerprint density at radius 1 is 2.00 bits per heavy atom. The zero-order valence-corrected chi connectivity index (χ0v) is 7.45. The molecule has 0 aliphatic rings. The summed E-state index contributed by atoms with van der Waals surface area (Å²) in [5, 5.41) is 0. The standard InChI is InChI=1S/C3H8BIOS/c1-3(5)2-7-6-4/h3H,2,4H2,1H3/t3-/m0/s1. The second kappa shape index (κ2) is 5.25. The molecule has 0 amide bonds. The molecule has 0 unspecified atom stereocenters. The highest BCUT2D eigenvalue weighted by atomic mass is 127. The lowest BCUT2D eigenvalue weighted by Gasteiger charge is -1.97. The van der Waals surface area contributed by atoms with Crippen molar-refractivity contribution >= 4 is 42.7 Å². The lowest BCUT2D eigenvalue weighted by atomic mass is 10.6. The van der Waals surface area contributed by atoms with Gasteiger partial charge in [0.05, 0.1) is 0 Å². The molecule has 7 heavy (non-hydrogen) atoms. The topological polar surface area (TPSA) is 9.23 Å². The number of alkyl halides is 1. The molecule has 0 heterocycles. The molecule has 0 N–H and O–H groups in total. The molecule has 0 aliphatic carbocycles. The van der Waals surface area contributed by atoms with Gasteiger partial charge in [0.1, 0.15) is 0 Å². The Bertz CT molecular complexity index is 43.9. The molecular weight excluding hydrogens is 222 g/mol. The van der Waals surface area contributed by atoms with Crippen molar-refractivity contribution in [1.29, 1.82) is 0 Å². The SMILES string of the molecule is BOSC[C@H](C)I. The molecule has 0 saturated heterocycles. The largest absolute Gasteiger partial charge is 0.386 e. The van der Waals surface area contributed by atoms with Gasteiger partial charge in [-0.05, 0) is 12.0 Å². The molecule has 0 radical (unpaired) electrons. The highest BCUT2D eigenvalue weighted by Gasteiger charge is 1.91. The van der Waals surface area contributed by atoms with Crippen LogP contribution in [-0.4, -0.2) is 17.7 Å². The van der Waals surface area contributed by atoms with Crippen LogP contribution in [0.3, 0.4) is 0 Å². The van der Waals surface area contributed by atoms with E-state index in [9.17, 15) is 0 Å². The van der Waals surface area contributed by atoms with Gasteiger partial charge in [0.2, 0.25) is 0 Å². The number of rotatable bonds is 3. The van der Waals surface area contributed by atoms with Gasteiger partial charge in [-0.2, -0.15) is 0 Å². The smallest absolute Gasteiger partial charge is 0.277 e. The summed E-state index contributed by atoms with van der Waals surface area (Å²) in [5.41, 5.74) is 0. The van der Waals surface area contributed by atoms with Gasteiger partial charge in [-0.25, -0.2) is 0 Å². The normalized spacial score (nSPS) is 14.0. The summed E-state index contributed by atoms with van der Waals surface area (Å²) in [7, 11) is 1.70. The van der Waals surface area contributed by atoms with Crippen LogP contribution in [0.4, 0.5) is 0 Å². The lowest BCUT2D eigenvalue weighted by Crippen LogP contribution is -1.92. The predicted octanol–water partition coefficient (Wildman–Crippen LogP) is 1.02. The van der Waals surface area contributed by atoms with E-state index in [4.69, 9.17) is 4.10 Å². The quantitative estimate of drug-likeness (QED) is 0.310. The van der Waals surface area contributed by atoms with Crippen molar-refractivity contribution in [3.8, 4) is 0 Å². The molecule has 0 bridgehead atoms. The second-order valence-electron chi connectivity index (χ2n) is 1.23. The maximum absolute atomic E-state index is 4.76. The monoisotopic (exact) mass is 230 g/mol. The third-order valence-electron chi connectivity index (χ3n) is 0.416. The van der Waals surface area contributed by atoms with Crippen LogP contribution >= 0.6 is 34.6 Å². The fourth-order valence-electron chi connectivity index (χ4n) is 0.162.